The molecule has 4 aromatic carbocycles. The summed E-state index contributed by atoms with van der Waals surface area (Å²) in [6.07, 6.45) is -1.94. The largest absolute Gasteiger partial charge is 0.491 e. The molecule has 0 bridgehead atoms. The van der Waals surface area contributed by atoms with Gasteiger partial charge in [-0.3, -0.25) is 0 Å². The van der Waals surface area contributed by atoms with E-state index in [4.69, 9.17) is 28.4 Å². The summed E-state index contributed by atoms with van der Waals surface area (Å²) in [5, 5.41) is 20.6. The predicted octanol–water partition coefficient (Wildman–Crippen LogP) is 9.01. The zero-order chi connectivity index (χ0) is 46.3. The Labute approximate surface area is 373 Å². The number of aryl methyl sites for hydroxylation is 2. The van der Waals surface area contributed by atoms with Gasteiger partial charge in [0.2, 0.25) is 0 Å². The van der Waals surface area contributed by atoms with E-state index in [2.05, 4.69) is 141 Å². The fourth-order valence-electron chi connectivity index (χ4n) is 8.09. The van der Waals surface area contributed by atoms with E-state index in [9.17, 15) is 19.8 Å². The summed E-state index contributed by atoms with van der Waals surface area (Å²) in [7, 11) is 0. The number of fused-ring (bicyclic) bond motifs is 3. The van der Waals surface area contributed by atoms with E-state index in [1.807, 2.05) is 0 Å². The van der Waals surface area contributed by atoms with Crippen molar-refractivity contribution in [3.63, 3.8) is 0 Å². The standard InChI is InChI=1S/C53H66O10/c1-33(2)49(56)62-31-37(54)29-58-21-23-60-47-25-35(5)43(27-45(47)51(7,8)9)53(41-19-15-13-17-39(41)40-18-14-16-20-42(40)53)44-28-46(52(10,11)12)48(26-36(44)6)61-24-22-59-30-38(55)32-63-50(57)34(3)4/h13-20,25-28,37-38,54-55H,1,3,21-24,29-32H2,2,4-12H3. The zero-order valence-electron chi connectivity index (χ0n) is 38.8. The van der Waals surface area contributed by atoms with Gasteiger partial charge in [-0.25, -0.2) is 9.59 Å². The van der Waals surface area contributed by atoms with Gasteiger partial charge in [0.05, 0.1) is 31.8 Å². The molecule has 63 heavy (non-hydrogen) atoms. The average Bonchev–Trinajstić information content (AvgIpc) is 3.51. The average molecular weight is 863 g/mol. The van der Waals surface area contributed by atoms with Crippen LogP contribution in [0.3, 0.4) is 0 Å². The lowest BCUT2D eigenvalue weighted by Crippen LogP contribution is -2.32. The second-order valence-corrected chi connectivity index (χ2v) is 18.6. The topological polar surface area (TPSA) is 130 Å². The Kier molecular flexibility index (Phi) is 15.9. The van der Waals surface area contributed by atoms with Gasteiger partial charge in [0.1, 0.15) is 50.1 Å². The molecule has 10 nitrogen and oxygen atoms in total. The Morgan fingerprint density at radius 3 is 1.29 bits per heavy atom. The van der Waals surface area contributed by atoms with Crippen molar-refractivity contribution in [2.24, 2.45) is 0 Å². The fraction of sp³-hybridized carbons (Fsp3) is 0.434. The molecule has 4 aromatic rings. The molecule has 2 atom stereocenters. The van der Waals surface area contributed by atoms with Crippen LogP contribution in [0.5, 0.6) is 11.5 Å². The number of rotatable bonds is 20. The molecule has 10 heteroatoms. The third kappa shape index (κ3) is 11.3. The summed E-state index contributed by atoms with van der Waals surface area (Å²) in [6.45, 7) is 28.3. The van der Waals surface area contributed by atoms with Gasteiger partial charge in [-0.05, 0) is 118 Å². The second kappa shape index (κ2) is 20.5. The number of hydrogen-bond acceptors (Lipinski definition) is 10. The van der Waals surface area contributed by atoms with E-state index in [-0.39, 0.29) is 74.8 Å². The van der Waals surface area contributed by atoms with Crippen LogP contribution in [-0.4, -0.2) is 87.2 Å². The minimum absolute atomic E-state index is 0.00765. The van der Waals surface area contributed by atoms with Crippen LogP contribution < -0.4 is 9.47 Å². The molecule has 338 valence electrons. The number of benzene rings is 4. The van der Waals surface area contributed by atoms with Crippen molar-refractivity contribution in [2.75, 3.05) is 52.9 Å². The Hall–Kier alpha value is -5.26. The van der Waals surface area contributed by atoms with Crippen molar-refractivity contribution in [3.05, 3.63) is 142 Å². The first-order chi connectivity index (χ1) is 29.7. The smallest absolute Gasteiger partial charge is 0.333 e. The quantitative estimate of drug-likeness (QED) is 0.0444. The van der Waals surface area contributed by atoms with Crippen LogP contribution in [-0.2, 0) is 44.8 Å². The van der Waals surface area contributed by atoms with E-state index in [1.165, 1.54) is 22.3 Å². The third-order valence-corrected chi connectivity index (χ3v) is 11.1. The molecule has 0 spiro atoms. The molecule has 2 N–H and O–H groups in total. The molecular formula is C53H66O10. The molecule has 0 heterocycles. The molecule has 0 saturated heterocycles. The molecule has 0 aromatic heterocycles. The van der Waals surface area contributed by atoms with Gasteiger partial charge in [-0.1, -0.05) is 103 Å². The number of esters is 2. The predicted molar refractivity (Wildman–Crippen MR) is 247 cm³/mol. The van der Waals surface area contributed by atoms with Crippen molar-refractivity contribution >= 4 is 11.9 Å². The van der Waals surface area contributed by atoms with Crippen LogP contribution in [0, 0.1) is 13.8 Å². The SMILES string of the molecule is C=C(C)C(=O)OCC(O)COCCOc1cc(C)c(C2(c3cc(C(C)(C)C)c(OCCOCC(O)COC(=O)C(=C)C)cc3C)c3ccccc3-c3ccccc32)cc1C(C)(C)C. The summed E-state index contributed by atoms with van der Waals surface area (Å²) in [4.78, 5) is 23.4. The number of aliphatic hydroxyl groups excluding tert-OH is 2. The Morgan fingerprint density at radius 2 is 0.937 bits per heavy atom. The van der Waals surface area contributed by atoms with Crippen LogP contribution in [0.2, 0.25) is 0 Å². The number of ether oxygens (including phenoxy) is 6. The highest BCUT2D eigenvalue weighted by atomic mass is 16.6. The minimum atomic E-state index is -0.969. The highest BCUT2D eigenvalue weighted by Crippen LogP contribution is 2.59. The third-order valence-electron chi connectivity index (χ3n) is 11.1. The van der Waals surface area contributed by atoms with Gasteiger partial charge in [-0.2, -0.15) is 0 Å². The van der Waals surface area contributed by atoms with Gasteiger partial charge in [0.15, 0.2) is 0 Å². The summed E-state index contributed by atoms with van der Waals surface area (Å²) in [5.74, 6) is 0.416. The first-order valence-corrected chi connectivity index (χ1v) is 21.6. The van der Waals surface area contributed by atoms with Gasteiger partial charge >= 0.3 is 11.9 Å². The summed E-state index contributed by atoms with van der Waals surface area (Å²) >= 11 is 0. The molecule has 1 aliphatic carbocycles. The number of carbonyl (C=O) groups excluding carboxylic acids is 2. The van der Waals surface area contributed by atoms with Crippen LogP contribution in [0.4, 0.5) is 0 Å². The first-order valence-electron chi connectivity index (χ1n) is 21.6. The molecule has 0 aliphatic heterocycles. The molecule has 5 rings (SSSR count). The van der Waals surface area contributed by atoms with Gasteiger partial charge in [0, 0.05) is 11.1 Å². The Balaban J connectivity index is 1.51. The van der Waals surface area contributed by atoms with Crippen molar-refractivity contribution in [3.8, 4) is 22.6 Å². The van der Waals surface area contributed by atoms with E-state index >= 15 is 0 Å². The van der Waals surface area contributed by atoms with Crippen LogP contribution in [0.1, 0.15) is 99.9 Å². The molecular weight excluding hydrogens is 797 g/mol. The first kappa shape index (κ1) is 48.8. The van der Waals surface area contributed by atoms with Crippen LogP contribution in [0.25, 0.3) is 11.1 Å². The Morgan fingerprint density at radius 1 is 0.571 bits per heavy atom. The molecule has 2 unspecified atom stereocenters. The van der Waals surface area contributed by atoms with Gasteiger partial charge in [0.25, 0.3) is 0 Å². The summed E-state index contributed by atoms with van der Waals surface area (Å²) in [5.41, 5.74) is 10.5. The van der Waals surface area contributed by atoms with E-state index in [0.717, 1.165) is 44.9 Å². The number of carbonyl (C=O) groups is 2. The van der Waals surface area contributed by atoms with E-state index in [1.54, 1.807) is 13.8 Å². The molecule has 0 fully saturated rings. The lowest BCUT2D eigenvalue weighted by molar-refractivity contribution is -0.143. The lowest BCUT2D eigenvalue weighted by atomic mass is 9.63. The van der Waals surface area contributed by atoms with E-state index < -0.39 is 29.6 Å². The van der Waals surface area contributed by atoms with E-state index in [0.29, 0.717) is 0 Å². The molecule has 0 saturated carbocycles. The number of aliphatic hydroxyl groups is 2. The maximum atomic E-state index is 11.7. The summed E-state index contributed by atoms with van der Waals surface area (Å²) in [6, 6.07) is 26.3. The fourth-order valence-corrected chi connectivity index (χ4v) is 8.09. The minimum Gasteiger partial charge on any atom is -0.491 e. The molecule has 0 amide bonds. The molecule has 0 radical (unpaired) electrons. The maximum absolute atomic E-state index is 11.7. The van der Waals surface area contributed by atoms with Gasteiger partial charge < -0.3 is 38.6 Å². The van der Waals surface area contributed by atoms with Crippen molar-refractivity contribution < 1.29 is 48.2 Å². The van der Waals surface area contributed by atoms with Crippen molar-refractivity contribution in [2.45, 2.75) is 97.7 Å². The maximum Gasteiger partial charge on any atom is 0.333 e. The zero-order valence-corrected chi connectivity index (χ0v) is 38.8. The van der Waals surface area contributed by atoms with Crippen LogP contribution >= 0.6 is 0 Å². The van der Waals surface area contributed by atoms with Crippen LogP contribution in [0.15, 0.2) is 97.1 Å². The second-order valence-electron chi connectivity index (χ2n) is 18.6. The normalized spacial score (nSPS) is 14.0. The van der Waals surface area contributed by atoms with Crippen molar-refractivity contribution in [1.82, 2.24) is 0 Å². The van der Waals surface area contributed by atoms with Crippen molar-refractivity contribution in [1.29, 1.82) is 0 Å². The van der Waals surface area contributed by atoms with Gasteiger partial charge in [-0.15, -0.1) is 0 Å². The Bertz CT molecular complexity index is 2130. The summed E-state index contributed by atoms with van der Waals surface area (Å²) < 4.78 is 34.5. The molecule has 1 aliphatic rings. The highest BCUT2D eigenvalue weighted by molar-refractivity contribution is 5.88. The monoisotopic (exact) mass is 862 g/mol. The lowest BCUT2D eigenvalue weighted by Gasteiger charge is -2.39. The number of hydrogen-bond donors (Lipinski definition) is 2. The highest BCUT2D eigenvalue weighted by Gasteiger charge is 2.48.